The van der Waals surface area contributed by atoms with Crippen molar-refractivity contribution in [3.63, 3.8) is 0 Å². The molecule has 2 amide bonds. The van der Waals surface area contributed by atoms with E-state index in [0.29, 0.717) is 12.7 Å². The van der Waals surface area contributed by atoms with Crippen molar-refractivity contribution in [3.8, 4) is 0 Å². The highest BCUT2D eigenvalue weighted by atomic mass is 19.1. The summed E-state index contributed by atoms with van der Waals surface area (Å²) in [6.07, 6.45) is -0.326. The topological polar surface area (TPSA) is 86.7 Å². The second kappa shape index (κ2) is 6.19. The predicted octanol–water partition coefficient (Wildman–Crippen LogP) is 1.05. The Morgan fingerprint density at radius 3 is 2.50 bits per heavy atom. The van der Waals surface area contributed by atoms with Crippen LogP contribution in [0.25, 0.3) is 0 Å². The fourth-order valence-corrected chi connectivity index (χ4v) is 2.43. The molecule has 0 radical (unpaired) electrons. The SMILES string of the molecule is CC(C)(C)[C@H](NC(=O)O)C(=O)N1CCC(CF)C1C=O. The van der Waals surface area contributed by atoms with Gasteiger partial charge in [-0.2, -0.15) is 0 Å². The molecule has 3 atom stereocenters. The van der Waals surface area contributed by atoms with Gasteiger partial charge in [-0.3, -0.25) is 9.18 Å². The van der Waals surface area contributed by atoms with Crippen LogP contribution in [0.3, 0.4) is 0 Å². The fourth-order valence-electron chi connectivity index (χ4n) is 2.43. The zero-order valence-electron chi connectivity index (χ0n) is 11.9. The minimum atomic E-state index is -1.30. The van der Waals surface area contributed by atoms with E-state index in [-0.39, 0.29) is 6.54 Å². The molecule has 20 heavy (non-hydrogen) atoms. The maximum Gasteiger partial charge on any atom is 0.405 e. The summed E-state index contributed by atoms with van der Waals surface area (Å²) in [4.78, 5) is 35.7. The minimum absolute atomic E-state index is 0.269. The van der Waals surface area contributed by atoms with Crippen LogP contribution in [0.4, 0.5) is 9.18 Å². The van der Waals surface area contributed by atoms with Crippen molar-refractivity contribution < 1.29 is 23.9 Å². The molecule has 1 aliphatic heterocycles. The van der Waals surface area contributed by atoms with Crippen molar-refractivity contribution in [1.29, 1.82) is 0 Å². The van der Waals surface area contributed by atoms with Crippen molar-refractivity contribution >= 4 is 18.3 Å². The van der Waals surface area contributed by atoms with Crippen LogP contribution < -0.4 is 5.32 Å². The molecule has 1 saturated heterocycles. The van der Waals surface area contributed by atoms with E-state index in [1.165, 1.54) is 4.90 Å². The summed E-state index contributed by atoms with van der Waals surface area (Å²) < 4.78 is 12.8. The van der Waals surface area contributed by atoms with Crippen molar-refractivity contribution in [3.05, 3.63) is 0 Å². The molecule has 1 aliphatic rings. The predicted molar refractivity (Wildman–Crippen MR) is 70.1 cm³/mol. The normalized spacial score (nSPS) is 24.3. The van der Waals surface area contributed by atoms with Crippen molar-refractivity contribution in [2.45, 2.75) is 39.3 Å². The minimum Gasteiger partial charge on any atom is -0.465 e. The second-order valence-electron chi connectivity index (χ2n) is 6.11. The first-order valence-corrected chi connectivity index (χ1v) is 6.53. The molecule has 6 nitrogen and oxygen atoms in total. The lowest BCUT2D eigenvalue weighted by Crippen LogP contribution is -2.56. The lowest BCUT2D eigenvalue weighted by molar-refractivity contribution is -0.139. The molecule has 0 bridgehead atoms. The average Bonchev–Trinajstić information content (AvgIpc) is 2.76. The number of hydrogen-bond acceptors (Lipinski definition) is 3. The van der Waals surface area contributed by atoms with E-state index in [1.807, 2.05) is 0 Å². The number of carbonyl (C=O) groups excluding carboxylic acids is 2. The molecule has 0 aromatic rings. The lowest BCUT2D eigenvalue weighted by Gasteiger charge is -2.34. The maximum absolute atomic E-state index is 12.8. The molecule has 0 aromatic heterocycles. The van der Waals surface area contributed by atoms with Gasteiger partial charge in [0, 0.05) is 12.5 Å². The number of alkyl halides is 1. The molecule has 1 fully saturated rings. The van der Waals surface area contributed by atoms with Gasteiger partial charge >= 0.3 is 6.09 Å². The molecule has 0 spiro atoms. The third-order valence-corrected chi connectivity index (χ3v) is 3.59. The number of amides is 2. The Labute approximate surface area is 117 Å². The molecular weight excluding hydrogens is 267 g/mol. The van der Waals surface area contributed by atoms with Gasteiger partial charge in [0.25, 0.3) is 0 Å². The quantitative estimate of drug-likeness (QED) is 0.757. The second-order valence-corrected chi connectivity index (χ2v) is 6.11. The van der Waals surface area contributed by atoms with Gasteiger partial charge in [0.15, 0.2) is 0 Å². The van der Waals surface area contributed by atoms with Crippen LogP contribution in [-0.4, -0.2) is 53.6 Å². The van der Waals surface area contributed by atoms with Crippen LogP contribution in [0.5, 0.6) is 0 Å². The van der Waals surface area contributed by atoms with Gasteiger partial charge in [-0.15, -0.1) is 0 Å². The largest absolute Gasteiger partial charge is 0.465 e. The Morgan fingerprint density at radius 1 is 1.50 bits per heavy atom. The first kappa shape index (κ1) is 16.4. The van der Waals surface area contributed by atoms with Crippen LogP contribution in [-0.2, 0) is 9.59 Å². The average molecular weight is 288 g/mol. The van der Waals surface area contributed by atoms with Gasteiger partial charge in [0.2, 0.25) is 5.91 Å². The number of hydrogen-bond donors (Lipinski definition) is 2. The molecule has 7 heteroatoms. The highest BCUT2D eigenvalue weighted by molar-refractivity contribution is 5.88. The molecule has 2 unspecified atom stereocenters. The summed E-state index contributed by atoms with van der Waals surface area (Å²) in [5.74, 6) is -0.977. The van der Waals surface area contributed by atoms with E-state index in [4.69, 9.17) is 5.11 Å². The molecule has 1 heterocycles. The van der Waals surface area contributed by atoms with E-state index in [2.05, 4.69) is 5.32 Å². The van der Waals surface area contributed by atoms with Crippen LogP contribution >= 0.6 is 0 Å². The van der Waals surface area contributed by atoms with Crippen molar-refractivity contribution in [2.75, 3.05) is 13.2 Å². The van der Waals surface area contributed by atoms with E-state index >= 15 is 0 Å². The maximum atomic E-state index is 12.8. The molecule has 0 saturated carbocycles. The number of nitrogens with zero attached hydrogens (tertiary/aromatic N) is 1. The van der Waals surface area contributed by atoms with Crippen molar-refractivity contribution in [1.82, 2.24) is 10.2 Å². The Bertz CT molecular complexity index is 394. The summed E-state index contributed by atoms with van der Waals surface area (Å²) in [6, 6.07) is -1.78. The third kappa shape index (κ3) is 3.46. The van der Waals surface area contributed by atoms with Crippen molar-refractivity contribution in [2.24, 2.45) is 11.3 Å². The number of halogens is 1. The van der Waals surface area contributed by atoms with Gasteiger partial charge in [-0.05, 0) is 11.8 Å². The Hall–Kier alpha value is -1.66. The van der Waals surface area contributed by atoms with Crippen LogP contribution in [0.1, 0.15) is 27.2 Å². The summed E-state index contributed by atoms with van der Waals surface area (Å²) in [5.41, 5.74) is -0.642. The molecule has 1 rings (SSSR count). The molecular formula is C13H21FN2O4. The number of nitrogens with one attached hydrogen (secondary N) is 1. The van der Waals surface area contributed by atoms with Gasteiger partial charge in [0.05, 0.1) is 12.7 Å². The highest BCUT2D eigenvalue weighted by Crippen LogP contribution is 2.28. The van der Waals surface area contributed by atoms with E-state index < -0.39 is 42.1 Å². The summed E-state index contributed by atoms with van der Waals surface area (Å²) in [5, 5.41) is 11.0. The van der Waals surface area contributed by atoms with Crippen LogP contribution in [0.15, 0.2) is 0 Å². The lowest BCUT2D eigenvalue weighted by atomic mass is 9.85. The van der Waals surface area contributed by atoms with Gasteiger partial charge < -0.3 is 20.1 Å². The number of aldehydes is 1. The number of carboxylic acid groups (broad SMARTS) is 1. The van der Waals surface area contributed by atoms with E-state index in [1.54, 1.807) is 20.8 Å². The highest BCUT2D eigenvalue weighted by Gasteiger charge is 2.43. The molecule has 0 aromatic carbocycles. The first-order valence-electron chi connectivity index (χ1n) is 6.53. The van der Waals surface area contributed by atoms with Gasteiger partial charge in [-0.25, -0.2) is 4.79 Å². The molecule has 2 N–H and O–H groups in total. The summed E-state index contributed by atoms with van der Waals surface area (Å²) in [7, 11) is 0. The van der Waals surface area contributed by atoms with Gasteiger partial charge in [-0.1, -0.05) is 20.8 Å². The number of carbonyl (C=O) groups is 3. The van der Waals surface area contributed by atoms with E-state index in [0.717, 1.165) is 0 Å². The molecule has 114 valence electrons. The smallest absolute Gasteiger partial charge is 0.405 e. The van der Waals surface area contributed by atoms with Crippen LogP contribution in [0, 0.1) is 11.3 Å². The number of likely N-dealkylation sites (tertiary alicyclic amines) is 1. The van der Waals surface area contributed by atoms with Crippen LogP contribution in [0.2, 0.25) is 0 Å². The third-order valence-electron chi connectivity index (χ3n) is 3.59. The molecule has 0 aliphatic carbocycles. The number of rotatable bonds is 4. The Kier molecular flexibility index (Phi) is 5.08. The zero-order valence-corrected chi connectivity index (χ0v) is 11.9. The summed E-state index contributed by atoms with van der Waals surface area (Å²) >= 11 is 0. The standard InChI is InChI=1S/C13H21FN2O4/c1-13(2,3)10(15-12(19)20)11(18)16-5-4-8(6-14)9(16)7-17/h7-10,15H,4-6H2,1-3H3,(H,19,20)/t8?,9?,10-/m1/s1. The zero-order chi connectivity index (χ0) is 15.5. The monoisotopic (exact) mass is 288 g/mol. The van der Waals surface area contributed by atoms with Gasteiger partial charge in [0.1, 0.15) is 12.3 Å². The Morgan fingerprint density at radius 2 is 2.10 bits per heavy atom. The summed E-state index contributed by atoms with van der Waals surface area (Å²) in [6.45, 7) is 4.78. The fraction of sp³-hybridized carbons (Fsp3) is 0.769. The first-order chi connectivity index (χ1) is 9.22. The van der Waals surface area contributed by atoms with E-state index in [9.17, 15) is 18.8 Å². The Balaban J connectivity index is 2.95.